The maximum Gasteiger partial charge on any atom is 0.455 e. The third kappa shape index (κ3) is 6.10. The summed E-state index contributed by atoms with van der Waals surface area (Å²) < 4.78 is 40.0. The highest BCUT2D eigenvalue weighted by Gasteiger charge is 2.37. The van der Waals surface area contributed by atoms with Crippen LogP contribution in [0.25, 0.3) is 10.5 Å². The van der Waals surface area contributed by atoms with Gasteiger partial charge in [0.2, 0.25) is 0 Å². The summed E-state index contributed by atoms with van der Waals surface area (Å²) in [5, 5.41) is 19.8. The lowest BCUT2D eigenvalue weighted by atomic mass is 10.0. The van der Waals surface area contributed by atoms with Gasteiger partial charge in [0.05, 0.1) is 34.2 Å². The molecule has 0 saturated carbocycles. The number of tetrazole rings is 1. The van der Waals surface area contributed by atoms with Crippen LogP contribution in [0.1, 0.15) is 51.8 Å². The minimum Gasteiger partial charge on any atom is -0.350 e. The molecule has 0 bridgehead atoms. The molecule has 0 spiro atoms. The van der Waals surface area contributed by atoms with E-state index in [1.165, 1.54) is 22.9 Å². The zero-order chi connectivity index (χ0) is 29.2. The Kier molecular flexibility index (Phi) is 7.87. The number of para-hydroxylation sites is 1. The number of rotatable bonds is 7. The number of alkyl halides is 3. The van der Waals surface area contributed by atoms with Crippen molar-refractivity contribution in [3.63, 3.8) is 0 Å². The molecule has 2 aromatic carbocycles. The lowest BCUT2D eigenvalue weighted by Crippen LogP contribution is -2.31. The van der Waals surface area contributed by atoms with Gasteiger partial charge in [0.25, 0.3) is 17.6 Å². The highest BCUT2D eigenvalue weighted by Crippen LogP contribution is 2.29. The van der Waals surface area contributed by atoms with Crippen LogP contribution in [0.5, 0.6) is 0 Å². The Balaban J connectivity index is 1.75. The first-order chi connectivity index (χ1) is 18.9. The number of halogens is 4. The molecule has 206 valence electrons. The van der Waals surface area contributed by atoms with Crippen LogP contribution in [0.3, 0.4) is 0 Å². The van der Waals surface area contributed by atoms with Crippen LogP contribution in [0, 0.1) is 13.5 Å². The molecule has 2 N–H and O–H groups in total. The highest BCUT2D eigenvalue weighted by atomic mass is 35.5. The average Bonchev–Trinajstić information content (AvgIpc) is 3.52. The minimum absolute atomic E-state index is 0.0388. The predicted molar refractivity (Wildman–Crippen MR) is 138 cm³/mol. The van der Waals surface area contributed by atoms with Crippen molar-refractivity contribution >= 4 is 34.8 Å². The SMILES string of the molecule is [C-]#[N+]c1cc(C)c(NC(=O)c2cc(Cn3nnc(C(F)(F)F)n3)nn2-c2ccccc2Cl)c(C(=O)NC(C)C)c1. The highest BCUT2D eigenvalue weighted by molar-refractivity contribution is 6.32. The van der Waals surface area contributed by atoms with Gasteiger partial charge in [-0.2, -0.15) is 23.1 Å². The fourth-order valence-electron chi connectivity index (χ4n) is 3.74. The number of nitrogens with one attached hydrogen (secondary N) is 2. The summed E-state index contributed by atoms with van der Waals surface area (Å²) in [6, 6.07) is 10.6. The summed E-state index contributed by atoms with van der Waals surface area (Å²) in [7, 11) is 0. The number of carbonyl (C=O) groups is 2. The molecule has 2 heterocycles. The molecule has 2 aromatic heterocycles. The molecule has 0 aliphatic carbocycles. The van der Waals surface area contributed by atoms with Gasteiger partial charge in [-0.1, -0.05) is 29.8 Å². The second kappa shape index (κ2) is 11.1. The zero-order valence-electron chi connectivity index (χ0n) is 21.3. The summed E-state index contributed by atoms with van der Waals surface area (Å²) in [5.74, 6) is -2.60. The van der Waals surface area contributed by atoms with Crippen molar-refractivity contribution < 1.29 is 22.8 Å². The molecule has 4 rings (SSSR count). The molecule has 0 aliphatic heterocycles. The van der Waals surface area contributed by atoms with E-state index in [9.17, 15) is 22.8 Å². The van der Waals surface area contributed by atoms with Gasteiger partial charge in [-0.3, -0.25) is 9.59 Å². The van der Waals surface area contributed by atoms with Gasteiger partial charge in [-0.25, -0.2) is 9.53 Å². The van der Waals surface area contributed by atoms with Gasteiger partial charge in [-0.15, -0.1) is 10.2 Å². The van der Waals surface area contributed by atoms with Crippen LogP contribution < -0.4 is 10.6 Å². The molecule has 40 heavy (non-hydrogen) atoms. The molecular weight excluding hydrogens is 551 g/mol. The maximum absolute atomic E-state index is 13.6. The Hall–Kier alpha value is -4.77. The van der Waals surface area contributed by atoms with Crippen LogP contribution in [-0.4, -0.2) is 47.8 Å². The number of anilines is 1. The van der Waals surface area contributed by atoms with Gasteiger partial charge in [0.15, 0.2) is 5.69 Å². The zero-order valence-corrected chi connectivity index (χ0v) is 22.0. The normalized spacial score (nSPS) is 11.4. The van der Waals surface area contributed by atoms with Gasteiger partial charge in [0, 0.05) is 6.04 Å². The van der Waals surface area contributed by atoms with Crippen molar-refractivity contribution in [1.82, 2.24) is 35.3 Å². The fraction of sp³-hybridized carbons (Fsp3) is 0.240. The number of nitrogens with zero attached hydrogens (tertiary/aromatic N) is 7. The number of carbonyl (C=O) groups excluding carboxylic acids is 2. The van der Waals surface area contributed by atoms with E-state index in [-0.39, 0.29) is 45.9 Å². The van der Waals surface area contributed by atoms with Gasteiger partial charge in [-0.05, 0) is 55.8 Å². The van der Waals surface area contributed by atoms with E-state index < -0.39 is 23.8 Å². The first-order valence-electron chi connectivity index (χ1n) is 11.7. The van der Waals surface area contributed by atoms with Crippen LogP contribution in [0.15, 0.2) is 42.5 Å². The number of aryl methyl sites for hydroxylation is 1. The van der Waals surface area contributed by atoms with Crippen LogP contribution >= 0.6 is 11.6 Å². The molecule has 0 atom stereocenters. The fourth-order valence-corrected chi connectivity index (χ4v) is 3.96. The van der Waals surface area contributed by atoms with E-state index >= 15 is 0 Å². The number of benzene rings is 2. The third-order valence-corrected chi connectivity index (χ3v) is 5.75. The molecule has 0 aliphatic rings. The Morgan fingerprint density at radius 2 is 1.85 bits per heavy atom. The Morgan fingerprint density at radius 3 is 2.48 bits per heavy atom. The van der Waals surface area contributed by atoms with E-state index in [1.807, 2.05) is 0 Å². The topological polar surface area (TPSA) is 124 Å². The van der Waals surface area contributed by atoms with Crippen molar-refractivity contribution in [2.75, 3.05) is 5.32 Å². The molecule has 11 nitrogen and oxygen atoms in total. The molecule has 0 radical (unpaired) electrons. The van der Waals surface area contributed by atoms with Crippen LogP contribution in [-0.2, 0) is 12.7 Å². The van der Waals surface area contributed by atoms with Gasteiger partial charge >= 0.3 is 6.18 Å². The van der Waals surface area contributed by atoms with Crippen molar-refractivity contribution in [2.24, 2.45) is 0 Å². The molecule has 0 saturated heterocycles. The minimum atomic E-state index is -4.78. The Morgan fingerprint density at radius 1 is 1.12 bits per heavy atom. The van der Waals surface area contributed by atoms with Crippen LogP contribution in [0.2, 0.25) is 5.02 Å². The van der Waals surface area contributed by atoms with E-state index in [0.29, 0.717) is 16.0 Å². The molecular formula is C25H21ClF3N9O2. The molecule has 2 amide bonds. The first kappa shape index (κ1) is 28.2. The number of amides is 2. The van der Waals surface area contributed by atoms with Gasteiger partial charge < -0.3 is 10.6 Å². The lowest BCUT2D eigenvalue weighted by Gasteiger charge is -2.17. The van der Waals surface area contributed by atoms with Crippen molar-refractivity contribution in [3.05, 3.63) is 87.2 Å². The van der Waals surface area contributed by atoms with Crippen LogP contribution in [0.4, 0.5) is 24.5 Å². The summed E-state index contributed by atoms with van der Waals surface area (Å²) in [5.41, 5.74) is 1.36. The summed E-state index contributed by atoms with van der Waals surface area (Å²) >= 11 is 6.35. The average molecular weight is 572 g/mol. The number of hydrogen-bond acceptors (Lipinski definition) is 6. The molecule has 15 heteroatoms. The molecule has 0 unspecified atom stereocenters. The second-order valence-electron chi connectivity index (χ2n) is 8.90. The standard InChI is InChI=1S/C25H21ClF3N9O2/c1-13(2)31-22(39)17-10-15(30-4)9-14(3)21(17)32-23(40)20-11-16(12-37-35-24(33-36-37)25(27,28)29)34-38(20)19-8-6-5-7-18(19)26/h5-11,13H,12H2,1-3H3,(H,31,39)(H,32,40). The maximum atomic E-state index is 13.6. The number of aromatic nitrogens is 6. The number of hydrogen-bond donors (Lipinski definition) is 2. The van der Waals surface area contributed by atoms with Crippen molar-refractivity contribution in [3.8, 4) is 5.69 Å². The van der Waals surface area contributed by atoms with Crippen molar-refractivity contribution in [2.45, 2.75) is 39.5 Å². The lowest BCUT2D eigenvalue weighted by molar-refractivity contribution is -0.145. The monoisotopic (exact) mass is 571 g/mol. The molecule has 4 aromatic rings. The van der Waals surface area contributed by atoms with Gasteiger partial charge in [0.1, 0.15) is 12.2 Å². The Labute approximate surface area is 230 Å². The summed E-state index contributed by atoms with van der Waals surface area (Å²) in [6.45, 7) is 12.2. The van der Waals surface area contributed by atoms with E-state index in [4.69, 9.17) is 18.2 Å². The smallest absolute Gasteiger partial charge is 0.350 e. The predicted octanol–water partition coefficient (Wildman–Crippen LogP) is 4.83. The summed E-state index contributed by atoms with van der Waals surface area (Å²) in [6.07, 6.45) is -4.78. The Bertz CT molecular complexity index is 1640. The van der Waals surface area contributed by atoms with E-state index in [2.05, 4.69) is 36.0 Å². The largest absolute Gasteiger partial charge is 0.455 e. The van der Waals surface area contributed by atoms with E-state index in [1.54, 1.807) is 45.0 Å². The third-order valence-electron chi connectivity index (χ3n) is 5.44. The quantitative estimate of drug-likeness (QED) is 0.306. The van der Waals surface area contributed by atoms with E-state index in [0.717, 1.165) is 0 Å². The molecule has 0 fully saturated rings. The summed E-state index contributed by atoms with van der Waals surface area (Å²) in [4.78, 5) is 30.6. The first-order valence-corrected chi connectivity index (χ1v) is 12.1. The second-order valence-corrected chi connectivity index (χ2v) is 9.31. The van der Waals surface area contributed by atoms with Crippen molar-refractivity contribution in [1.29, 1.82) is 0 Å².